The average molecular weight is 399 g/mol. The van der Waals surface area contributed by atoms with E-state index in [1.54, 1.807) is 24.4 Å². The van der Waals surface area contributed by atoms with Crippen LogP contribution < -0.4 is 0 Å². The van der Waals surface area contributed by atoms with Crippen molar-refractivity contribution < 1.29 is 23.8 Å². The van der Waals surface area contributed by atoms with Crippen LogP contribution in [0.1, 0.15) is 12.3 Å². The van der Waals surface area contributed by atoms with Crippen molar-refractivity contribution in [1.82, 2.24) is 9.88 Å². The Morgan fingerprint density at radius 1 is 1.35 bits per heavy atom. The van der Waals surface area contributed by atoms with E-state index >= 15 is 0 Å². The van der Waals surface area contributed by atoms with E-state index in [-0.39, 0.29) is 25.5 Å². The number of aromatic nitrogens is 1. The molecule has 1 saturated heterocycles. The number of morpholine rings is 1. The van der Waals surface area contributed by atoms with Crippen LogP contribution in [0.4, 0.5) is 0 Å². The fourth-order valence-electron chi connectivity index (χ4n) is 2.64. The van der Waals surface area contributed by atoms with Crippen LogP contribution in [-0.2, 0) is 20.7 Å². The third-order valence-electron chi connectivity index (χ3n) is 4.00. The first kappa shape index (κ1) is 18.7. The van der Waals surface area contributed by atoms with Gasteiger partial charge in [0, 0.05) is 30.0 Å². The van der Waals surface area contributed by atoms with Gasteiger partial charge in [0.05, 0.1) is 24.4 Å². The van der Waals surface area contributed by atoms with Crippen LogP contribution >= 0.6 is 23.2 Å². The van der Waals surface area contributed by atoms with Gasteiger partial charge in [0.15, 0.2) is 17.8 Å². The standard InChI is InChI=1S/C17H16Cl2N2O5/c18-10-1-2-11(12(19)7-10)13-8-20-15(26-13)3-4-16(22)21-5-6-25-14(9-21)17(23)24/h1-2,7-8,14H,3-6,9H2,(H,23,24). The van der Waals surface area contributed by atoms with Crippen molar-refractivity contribution in [2.45, 2.75) is 18.9 Å². The predicted molar refractivity (Wildman–Crippen MR) is 94.2 cm³/mol. The summed E-state index contributed by atoms with van der Waals surface area (Å²) in [6.45, 7) is 0.631. The maximum atomic E-state index is 12.3. The highest BCUT2D eigenvalue weighted by Crippen LogP contribution is 2.30. The molecule has 138 valence electrons. The van der Waals surface area contributed by atoms with E-state index in [0.29, 0.717) is 40.2 Å². The normalized spacial score (nSPS) is 17.3. The monoisotopic (exact) mass is 398 g/mol. The van der Waals surface area contributed by atoms with Gasteiger partial charge in [0.2, 0.25) is 5.91 Å². The van der Waals surface area contributed by atoms with Gasteiger partial charge >= 0.3 is 5.97 Å². The zero-order valence-electron chi connectivity index (χ0n) is 13.7. The molecule has 7 nitrogen and oxygen atoms in total. The Hall–Kier alpha value is -2.09. The number of carbonyl (C=O) groups excluding carboxylic acids is 1. The number of nitrogens with zero attached hydrogens (tertiary/aromatic N) is 2. The number of amides is 1. The number of ether oxygens (including phenoxy) is 1. The minimum atomic E-state index is -1.07. The van der Waals surface area contributed by atoms with E-state index in [2.05, 4.69) is 4.98 Å². The molecule has 26 heavy (non-hydrogen) atoms. The van der Waals surface area contributed by atoms with Gasteiger partial charge in [0.25, 0.3) is 0 Å². The molecule has 3 rings (SSSR count). The first-order chi connectivity index (χ1) is 12.4. The van der Waals surface area contributed by atoms with Crippen molar-refractivity contribution in [3.63, 3.8) is 0 Å². The Morgan fingerprint density at radius 3 is 2.88 bits per heavy atom. The first-order valence-electron chi connectivity index (χ1n) is 7.96. The van der Waals surface area contributed by atoms with Gasteiger partial charge in [-0.3, -0.25) is 4.79 Å². The fourth-order valence-corrected chi connectivity index (χ4v) is 3.14. The van der Waals surface area contributed by atoms with Crippen LogP contribution in [0.3, 0.4) is 0 Å². The predicted octanol–water partition coefficient (Wildman–Crippen LogP) is 2.89. The molecule has 0 spiro atoms. The second kappa shape index (κ2) is 8.07. The maximum Gasteiger partial charge on any atom is 0.334 e. The quantitative estimate of drug-likeness (QED) is 0.831. The number of hydrogen-bond acceptors (Lipinski definition) is 5. The van der Waals surface area contributed by atoms with Crippen LogP contribution in [0.25, 0.3) is 11.3 Å². The number of carboxylic acids is 1. The molecule has 0 saturated carbocycles. The minimum absolute atomic E-state index is 0.0470. The zero-order chi connectivity index (χ0) is 18.7. The van der Waals surface area contributed by atoms with Crippen molar-refractivity contribution >= 4 is 35.1 Å². The van der Waals surface area contributed by atoms with E-state index in [9.17, 15) is 9.59 Å². The van der Waals surface area contributed by atoms with Gasteiger partial charge in [-0.2, -0.15) is 0 Å². The number of hydrogen-bond donors (Lipinski definition) is 1. The molecule has 0 aliphatic carbocycles. The number of carbonyl (C=O) groups is 2. The Kier molecular flexibility index (Phi) is 5.80. The molecular weight excluding hydrogens is 383 g/mol. The Morgan fingerprint density at radius 2 is 2.15 bits per heavy atom. The van der Waals surface area contributed by atoms with Gasteiger partial charge in [-0.05, 0) is 18.2 Å². The largest absolute Gasteiger partial charge is 0.479 e. The summed E-state index contributed by atoms with van der Waals surface area (Å²) in [4.78, 5) is 28.9. The van der Waals surface area contributed by atoms with E-state index in [1.807, 2.05) is 0 Å². The lowest BCUT2D eigenvalue weighted by atomic mass is 10.2. The summed E-state index contributed by atoms with van der Waals surface area (Å²) in [6.07, 6.45) is 1.04. The summed E-state index contributed by atoms with van der Waals surface area (Å²) in [5.41, 5.74) is 0.665. The van der Waals surface area contributed by atoms with Gasteiger partial charge in [-0.15, -0.1) is 0 Å². The van der Waals surface area contributed by atoms with E-state index < -0.39 is 12.1 Å². The summed E-state index contributed by atoms with van der Waals surface area (Å²) in [5.74, 6) is -0.336. The Bertz CT molecular complexity index is 823. The van der Waals surface area contributed by atoms with Crippen molar-refractivity contribution in [3.8, 4) is 11.3 Å². The number of oxazole rings is 1. The van der Waals surface area contributed by atoms with Gasteiger partial charge in [-0.25, -0.2) is 9.78 Å². The van der Waals surface area contributed by atoms with Crippen LogP contribution in [0.15, 0.2) is 28.8 Å². The molecule has 0 radical (unpaired) electrons. The SMILES string of the molecule is O=C(O)C1CN(C(=O)CCc2ncc(-c3ccc(Cl)cc3Cl)o2)CCO1. The zero-order valence-corrected chi connectivity index (χ0v) is 15.2. The molecule has 1 amide bonds. The van der Waals surface area contributed by atoms with Crippen LogP contribution in [0.2, 0.25) is 10.0 Å². The van der Waals surface area contributed by atoms with Crippen molar-refractivity contribution in [3.05, 3.63) is 40.3 Å². The van der Waals surface area contributed by atoms with Crippen LogP contribution in [0.5, 0.6) is 0 Å². The molecule has 1 aliphatic heterocycles. The molecular formula is C17H16Cl2N2O5. The molecule has 1 unspecified atom stereocenters. The number of rotatable bonds is 5. The van der Waals surface area contributed by atoms with Gasteiger partial charge in [-0.1, -0.05) is 23.2 Å². The van der Waals surface area contributed by atoms with Gasteiger partial charge in [0.1, 0.15) is 0 Å². The molecule has 1 atom stereocenters. The molecule has 2 aromatic rings. The average Bonchev–Trinajstić information content (AvgIpc) is 3.08. The number of halogens is 2. The molecule has 1 N–H and O–H groups in total. The van der Waals surface area contributed by atoms with Crippen molar-refractivity contribution in [2.24, 2.45) is 0 Å². The Balaban J connectivity index is 1.59. The highest BCUT2D eigenvalue weighted by Gasteiger charge is 2.28. The molecule has 2 heterocycles. The second-order valence-electron chi connectivity index (χ2n) is 5.78. The highest BCUT2D eigenvalue weighted by molar-refractivity contribution is 6.36. The lowest BCUT2D eigenvalue weighted by Crippen LogP contribution is -2.48. The first-order valence-corrected chi connectivity index (χ1v) is 8.72. The number of benzene rings is 1. The summed E-state index contributed by atoms with van der Waals surface area (Å²) in [7, 11) is 0. The van der Waals surface area contributed by atoms with Crippen LogP contribution in [0, 0.1) is 0 Å². The number of aryl methyl sites for hydroxylation is 1. The second-order valence-corrected chi connectivity index (χ2v) is 6.62. The Labute approximate surface area is 159 Å². The fraction of sp³-hybridized carbons (Fsp3) is 0.353. The van der Waals surface area contributed by atoms with Crippen molar-refractivity contribution in [1.29, 1.82) is 0 Å². The van der Waals surface area contributed by atoms with E-state index in [4.69, 9.17) is 37.5 Å². The molecule has 9 heteroatoms. The molecule has 1 fully saturated rings. The van der Waals surface area contributed by atoms with E-state index in [1.165, 1.54) is 4.90 Å². The molecule has 0 bridgehead atoms. The van der Waals surface area contributed by atoms with Gasteiger partial charge < -0.3 is 19.2 Å². The third-order valence-corrected chi connectivity index (χ3v) is 4.55. The molecule has 1 aliphatic rings. The number of carboxylic acid groups (broad SMARTS) is 1. The minimum Gasteiger partial charge on any atom is -0.479 e. The number of aliphatic carboxylic acids is 1. The topological polar surface area (TPSA) is 92.9 Å². The van der Waals surface area contributed by atoms with E-state index in [0.717, 1.165) is 0 Å². The van der Waals surface area contributed by atoms with Crippen molar-refractivity contribution in [2.75, 3.05) is 19.7 Å². The maximum absolute atomic E-state index is 12.3. The molecule has 1 aromatic carbocycles. The smallest absolute Gasteiger partial charge is 0.334 e. The summed E-state index contributed by atoms with van der Waals surface area (Å²) in [6, 6.07) is 5.05. The van der Waals surface area contributed by atoms with Crippen LogP contribution in [-0.4, -0.2) is 52.7 Å². The highest BCUT2D eigenvalue weighted by atomic mass is 35.5. The summed E-state index contributed by atoms with van der Waals surface area (Å²) in [5, 5.41) is 9.96. The summed E-state index contributed by atoms with van der Waals surface area (Å²) >= 11 is 12.0. The summed E-state index contributed by atoms with van der Waals surface area (Å²) < 4.78 is 10.8. The third kappa shape index (κ3) is 4.35. The lowest BCUT2D eigenvalue weighted by molar-refractivity contribution is -0.159. The molecule has 1 aromatic heterocycles. The lowest BCUT2D eigenvalue weighted by Gasteiger charge is -2.30.